The molecule has 622 valence electrons. The summed E-state index contributed by atoms with van der Waals surface area (Å²) in [6.45, 7) is 14.8. The van der Waals surface area contributed by atoms with E-state index in [1.165, 1.54) is 7.11 Å². The van der Waals surface area contributed by atoms with Gasteiger partial charge in [0.15, 0.2) is 17.3 Å². The van der Waals surface area contributed by atoms with Gasteiger partial charge in [-0.3, -0.25) is 19.2 Å². The molecule has 0 spiro atoms. The SMILES string of the molecule is COC(CCC(C)/C=C/C=C/C1CC(O)CC(O)CCCCC(C)CCC(O)CC(O)CCCCCCCC(O)CC(=O)CC(O)CCCCCC(O)CC(O)CC(O)CCC(C)C(O)CC(O)C(C)C(O)C(C)CCCC(C)C(O)C(C)C2OC(O)(CC(=O)O1)CC(O)C2C)C1=C(SC)C(=O)C=C(O)C1=O. The number of hydrogen-bond donors (Lipinski definition) is 16. The zero-order chi connectivity index (χ0) is 80.1. The second-order valence-corrected chi connectivity index (χ2v) is 33.9. The van der Waals surface area contributed by atoms with Crippen molar-refractivity contribution < 1.29 is 115 Å². The lowest BCUT2D eigenvalue weighted by Gasteiger charge is -2.46. The number of aliphatic hydroxyl groups excluding tert-OH is 15. The van der Waals surface area contributed by atoms with Crippen molar-refractivity contribution in [1.82, 2.24) is 0 Å². The number of thioether (sulfide) groups is 1. The quantitative estimate of drug-likeness (QED) is 0.0580. The number of rotatable bonds is 9. The molecule has 2 aliphatic heterocycles. The third kappa shape index (κ3) is 38.5. The molecule has 3 rings (SSSR count). The second kappa shape index (κ2) is 52.3. The van der Waals surface area contributed by atoms with Crippen molar-refractivity contribution in [2.45, 2.75) is 390 Å². The van der Waals surface area contributed by atoms with Crippen LogP contribution in [0.15, 0.2) is 46.6 Å². The van der Waals surface area contributed by atoms with Gasteiger partial charge in [0.05, 0.1) is 109 Å². The van der Waals surface area contributed by atoms with E-state index in [2.05, 4.69) is 6.92 Å². The van der Waals surface area contributed by atoms with Crippen molar-refractivity contribution in [1.29, 1.82) is 0 Å². The molecule has 107 heavy (non-hydrogen) atoms. The van der Waals surface area contributed by atoms with Crippen molar-refractivity contribution in [2.24, 2.45) is 47.3 Å². The molecule has 2 bridgehead atoms. The monoisotopic (exact) mass is 1540 g/mol. The molecule has 23 nitrogen and oxygen atoms in total. The average molecular weight is 1540 g/mol. The summed E-state index contributed by atoms with van der Waals surface area (Å²) < 4.78 is 17.9. The Hall–Kier alpha value is -3.09. The molecule has 3 aliphatic rings. The minimum atomic E-state index is -2.21. The Bertz CT molecular complexity index is 2620. The number of Topliss-reactive ketones (excluding diaryl/α,β-unsaturated/α-hetero) is 2. The lowest BCUT2D eigenvalue weighted by molar-refractivity contribution is -0.303. The first-order valence-electron chi connectivity index (χ1n) is 40.8. The highest BCUT2D eigenvalue weighted by Gasteiger charge is 2.49. The lowest BCUT2D eigenvalue weighted by atomic mass is 9.77. The Morgan fingerprint density at radius 2 is 0.991 bits per heavy atom. The van der Waals surface area contributed by atoms with Gasteiger partial charge in [-0.15, -0.1) is 11.8 Å². The third-order valence-electron chi connectivity index (χ3n) is 23.0. The molecule has 26 atom stereocenters. The molecule has 0 saturated carbocycles. The number of esters is 1. The predicted octanol–water partition coefficient (Wildman–Crippen LogP) is 9.70. The van der Waals surface area contributed by atoms with E-state index in [-0.39, 0.29) is 110 Å². The Kier molecular flexibility index (Phi) is 48.0. The molecule has 26 unspecified atom stereocenters. The Labute approximate surface area is 644 Å². The van der Waals surface area contributed by atoms with Crippen LogP contribution < -0.4 is 0 Å². The standard InChI is InChI=1S/C83H146O23S/c1-51-24-19-21-32-63(88)44-68(93)46-69(33-22-20-25-52(2)35-39-75(104-9)77-80(102)72(96)48-73(97)82(77)107-10)105-76(99)50-83(103)49-74(98)57(7)81(106-83)58(8)79(101)55(5)27-23-26-54(4)78(100)56(6)71(95)47-70(94)53(3)36-38-65(90)45-67(92)43-62(87)31-18-14-17-30-61(86)42-66(91)41-60(85)29-16-13-11-12-15-28-59(84)40-64(89)37-34-51/h20,22,25,33,48,51-65,67-71,74-75,78-79,81,84-90,92-96,98,100-101,103H,11-19,21,23-24,26-32,34-47,49-50H2,1-10H3/b25-20+,33-22+. The van der Waals surface area contributed by atoms with E-state index in [1.54, 1.807) is 45.3 Å². The number of fused-ring (bicyclic) bond motifs is 2. The van der Waals surface area contributed by atoms with E-state index in [0.717, 1.165) is 69.2 Å². The molecule has 16 N–H and O–H groups in total. The van der Waals surface area contributed by atoms with Gasteiger partial charge >= 0.3 is 5.97 Å². The van der Waals surface area contributed by atoms with Crippen LogP contribution in [0.5, 0.6) is 0 Å². The van der Waals surface area contributed by atoms with Crippen LogP contribution in [0.3, 0.4) is 0 Å². The van der Waals surface area contributed by atoms with Crippen molar-refractivity contribution in [3.63, 3.8) is 0 Å². The molecule has 0 aromatic rings. The van der Waals surface area contributed by atoms with Gasteiger partial charge in [0.25, 0.3) is 0 Å². The highest BCUT2D eigenvalue weighted by atomic mass is 32.2. The average Bonchev–Trinajstić information content (AvgIpc) is 0.797. The van der Waals surface area contributed by atoms with Crippen molar-refractivity contribution >= 4 is 35.1 Å². The van der Waals surface area contributed by atoms with E-state index in [9.17, 15) is 101 Å². The predicted molar refractivity (Wildman–Crippen MR) is 414 cm³/mol. The molecule has 0 aromatic carbocycles. The molecule has 24 heteroatoms. The van der Waals surface area contributed by atoms with E-state index in [4.69, 9.17) is 14.2 Å². The first-order valence-corrected chi connectivity index (χ1v) is 42.0. The van der Waals surface area contributed by atoms with E-state index < -0.39 is 157 Å². The van der Waals surface area contributed by atoms with Gasteiger partial charge in [0.2, 0.25) is 5.78 Å². The summed E-state index contributed by atoms with van der Waals surface area (Å²) in [6, 6.07) is 0. The van der Waals surface area contributed by atoms with Crippen LogP contribution in [0.2, 0.25) is 0 Å². The summed E-state index contributed by atoms with van der Waals surface area (Å²) in [4.78, 5) is 52.5. The molecule has 2 fully saturated rings. The lowest BCUT2D eigenvalue weighted by Crippen LogP contribution is -2.55. The molecule has 2 saturated heterocycles. The molecular formula is C83H146O23S. The molecule has 0 radical (unpaired) electrons. The number of hydrogen-bond acceptors (Lipinski definition) is 24. The fraction of sp³-hybridized carbons (Fsp3) is 0.855. The zero-order valence-electron chi connectivity index (χ0n) is 66.5. The van der Waals surface area contributed by atoms with Gasteiger partial charge < -0.3 is 95.9 Å². The maximum absolute atomic E-state index is 14.0. The molecule has 2 heterocycles. The molecular weight excluding hydrogens is 1400 g/mol. The van der Waals surface area contributed by atoms with Crippen LogP contribution >= 0.6 is 11.8 Å². The van der Waals surface area contributed by atoms with Gasteiger partial charge in [0.1, 0.15) is 11.9 Å². The first-order chi connectivity index (χ1) is 50.5. The summed E-state index contributed by atoms with van der Waals surface area (Å²) >= 11 is 1.11. The third-order valence-corrected chi connectivity index (χ3v) is 23.8. The summed E-state index contributed by atoms with van der Waals surface area (Å²) in [6.07, 6.45) is 8.36. The van der Waals surface area contributed by atoms with Crippen LogP contribution in [-0.2, 0) is 33.4 Å². The largest absolute Gasteiger partial charge is 0.504 e. The first kappa shape index (κ1) is 98.1. The van der Waals surface area contributed by atoms with E-state index in [1.807, 2.05) is 33.8 Å². The Balaban J connectivity index is 1.72. The van der Waals surface area contributed by atoms with Gasteiger partial charge in [-0.1, -0.05) is 151 Å². The maximum atomic E-state index is 14.0. The van der Waals surface area contributed by atoms with E-state index >= 15 is 0 Å². The van der Waals surface area contributed by atoms with Gasteiger partial charge in [-0.05, 0) is 157 Å². The molecule has 1 aliphatic carbocycles. The molecule has 0 aromatic heterocycles. The van der Waals surface area contributed by atoms with E-state index in [0.29, 0.717) is 103 Å². The second-order valence-electron chi connectivity index (χ2n) is 33.1. The number of carbonyl (C=O) groups excluding carboxylic acids is 4. The highest BCUT2D eigenvalue weighted by molar-refractivity contribution is 8.03. The molecule has 0 amide bonds. The maximum Gasteiger partial charge on any atom is 0.311 e. The number of methoxy groups -OCH3 is 1. The summed E-state index contributed by atoms with van der Waals surface area (Å²) in [5, 5.41) is 176. The normalized spacial score (nSPS) is 38.1. The van der Waals surface area contributed by atoms with Crippen LogP contribution in [0.1, 0.15) is 280 Å². The minimum absolute atomic E-state index is 0.00853. The Morgan fingerprint density at radius 3 is 1.54 bits per heavy atom. The van der Waals surface area contributed by atoms with Gasteiger partial charge in [0, 0.05) is 62.2 Å². The number of aliphatic hydroxyl groups is 16. The zero-order valence-corrected chi connectivity index (χ0v) is 67.3. The topological polar surface area (TPSA) is 420 Å². The number of ketones is 3. The van der Waals surface area contributed by atoms with Crippen LogP contribution in [-0.4, -0.2) is 228 Å². The van der Waals surface area contributed by atoms with Crippen LogP contribution in [0.25, 0.3) is 0 Å². The van der Waals surface area contributed by atoms with Crippen LogP contribution in [0.4, 0.5) is 0 Å². The van der Waals surface area contributed by atoms with Crippen LogP contribution in [0, 0.1) is 47.3 Å². The number of cyclic esters (lactones) is 1. The smallest absolute Gasteiger partial charge is 0.311 e. The van der Waals surface area contributed by atoms with Gasteiger partial charge in [-0.25, -0.2) is 0 Å². The fourth-order valence-corrected chi connectivity index (χ4v) is 16.4. The number of carbonyl (C=O) groups is 4. The van der Waals surface area contributed by atoms with Crippen molar-refractivity contribution in [3.8, 4) is 0 Å². The number of allylic oxidation sites excluding steroid dienone is 6. The van der Waals surface area contributed by atoms with Crippen molar-refractivity contribution in [2.75, 3.05) is 13.4 Å². The fourth-order valence-electron chi connectivity index (χ4n) is 15.7. The minimum Gasteiger partial charge on any atom is -0.504 e. The summed E-state index contributed by atoms with van der Waals surface area (Å²) in [5.74, 6) is -7.64. The highest BCUT2D eigenvalue weighted by Crippen LogP contribution is 2.40. The summed E-state index contributed by atoms with van der Waals surface area (Å²) in [5.41, 5.74) is 0.105. The van der Waals surface area contributed by atoms with Crippen molar-refractivity contribution in [3.05, 3.63) is 46.6 Å². The van der Waals surface area contributed by atoms with Gasteiger partial charge in [-0.2, -0.15) is 0 Å². The Morgan fingerprint density at radius 1 is 0.514 bits per heavy atom. The summed E-state index contributed by atoms with van der Waals surface area (Å²) in [7, 11) is 1.43. The number of ether oxygens (including phenoxy) is 3.